The fraction of sp³-hybridized carbons (Fsp3) is 0.643. The zero-order valence-corrected chi connectivity index (χ0v) is 14.2. The number of hydrogen-bond acceptors (Lipinski definition) is 6. The van der Waals surface area contributed by atoms with Crippen LogP contribution in [0, 0.1) is 0 Å². The Kier molecular flexibility index (Phi) is 4.30. The summed E-state index contributed by atoms with van der Waals surface area (Å²) in [5, 5.41) is 0. The van der Waals surface area contributed by atoms with Crippen molar-refractivity contribution < 1.29 is 24.0 Å². The Morgan fingerprint density at radius 2 is 2.23 bits per heavy atom. The number of fused-ring (bicyclic) bond motifs is 3. The van der Waals surface area contributed by atoms with Crippen molar-refractivity contribution in [2.24, 2.45) is 0 Å². The first-order chi connectivity index (χ1) is 10.6. The highest BCUT2D eigenvalue weighted by Crippen LogP contribution is 2.52. The van der Waals surface area contributed by atoms with Crippen LogP contribution in [0.5, 0.6) is 5.75 Å². The smallest absolute Gasteiger partial charge is 0.237 e. The molecule has 0 saturated carbocycles. The minimum Gasteiger partial charge on any atom is -0.491 e. The van der Waals surface area contributed by atoms with E-state index in [-0.39, 0.29) is 17.3 Å². The minimum atomic E-state index is -0.668. The fourth-order valence-electron chi connectivity index (χ4n) is 3.16. The lowest BCUT2D eigenvalue weighted by molar-refractivity contribution is -0.538. The molecule has 2 aliphatic heterocycles. The first-order valence-electron chi connectivity index (χ1n) is 6.92. The summed E-state index contributed by atoms with van der Waals surface area (Å²) in [5.41, 5.74) is -0.203. The maximum absolute atomic E-state index is 12.3. The lowest BCUT2D eigenvalue weighted by Crippen LogP contribution is -2.64. The molecule has 0 spiro atoms. The molecule has 0 aromatic carbocycles. The van der Waals surface area contributed by atoms with Crippen LogP contribution in [-0.2, 0) is 25.8 Å². The topological polar surface area (TPSA) is 68.2 Å². The van der Waals surface area contributed by atoms with Crippen LogP contribution in [0.1, 0.15) is 18.2 Å². The van der Waals surface area contributed by atoms with E-state index in [1.165, 1.54) is 7.11 Å². The van der Waals surface area contributed by atoms with E-state index in [0.717, 1.165) is 0 Å². The van der Waals surface area contributed by atoms with Gasteiger partial charge in [-0.3, -0.25) is 4.79 Å². The average Bonchev–Trinajstić information content (AvgIpc) is 2.49. The molecular weight excluding hydrogens is 358 g/mol. The Morgan fingerprint density at radius 1 is 1.45 bits per heavy atom. The van der Waals surface area contributed by atoms with Crippen molar-refractivity contribution in [3.05, 3.63) is 26.6 Å². The molecule has 3 atom stereocenters. The number of ether oxygens (including phenoxy) is 3. The van der Waals surface area contributed by atoms with Gasteiger partial charge in [-0.2, -0.15) is 0 Å². The van der Waals surface area contributed by atoms with E-state index in [1.54, 1.807) is 20.4 Å². The molecule has 0 amide bonds. The van der Waals surface area contributed by atoms with Crippen LogP contribution in [-0.4, -0.2) is 44.2 Å². The Hall–Kier alpha value is -0.930. The van der Waals surface area contributed by atoms with Crippen molar-refractivity contribution in [1.82, 2.24) is 4.57 Å². The van der Waals surface area contributed by atoms with Crippen LogP contribution in [0.3, 0.4) is 0 Å². The first-order valence-corrected chi connectivity index (χ1v) is 7.71. The van der Waals surface area contributed by atoms with Gasteiger partial charge in [-0.1, -0.05) is 0 Å². The highest BCUT2D eigenvalue weighted by molar-refractivity contribution is 9.10. The Labute approximate surface area is 136 Å². The molecule has 7 nitrogen and oxygen atoms in total. The highest BCUT2D eigenvalue weighted by Gasteiger charge is 2.62. The molecular formula is C14H18BrNO6. The van der Waals surface area contributed by atoms with Gasteiger partial charge < -0.3 is 18.8 Å². The maximum atomic E-state index is 12.3. The predicted molar refractivity (Wildman–Crippen MR) is 79.9 cm³/mol. The second-order valence-corrected chi connectivity index (χ2v) is 6.21. The van der Waals surface area contributed by atoms with Gasteiger partial charge >= 0.3 is 0 Å². The molecule has 22 heavy (non-hydrogen) atoms. The predicted octanol–water partition coefficient (Wildman–Crippen LogP) is 1.43. The van der Waals surface area contributed by atoms with Crippen molar-refractivity contribution in [2.75, 3.05) is 27.9 Å². The van der Waals surface area contributed by atoms with E-state index >= 15 is 0 Å². The summed E-state index contributed by atoms with van der Waals surface area (Å²) in [4.78, 5) is 23.1. The van der Waals surface area contributed by atoms with Crippen molar-refractivity contribution in [3.8, 4) is 5.75 Å². The number of nitrogens with zero attached hydrogens (tertiary/aromatic N) is 1. The van der Waals surface area contributed by atoms with Gasteiger partial charge in [0.25, 0.3) is 0 Å². The van der Waals surface area contributed by atoms with E-state index in [0.29, 0.717) is 29.7 Å². The summed E-state index contributed by atoms with van der Waals surface area (Å²) >= 11 is 3.27. The normalized spacial score (nSPS) is 29.5. The van der Waals surface area contributed by atoms with Gasteiger partial charge in [0, 0.05) is 33.4 Å². The van der Waals surface area contributed by atoms with E-state index in [1.807, 2.05) is 4.57 Å². The number of rotatable bonds is 5. The third-order valence-electron chi connectivity index (χ3n) is 4.32. The van der Waals surface area contributed by atoms with Crippen LogP contribution >= 0.6 is 15.9 Å². The standard InChI is InChI=1S/C14H18BrNO6/c1-18-5-4-14-9(19-2)7-16-6-8(15)11(17)12(20-3)10(16)13(14)21-22-14/h6,9,13H,4-5,7H2,1-3H3. The summed E-state index contributed by atoms with van der Waals surface area (Å²) in [6.45, 7) is 1.04. The zero-order chi connectivity index (χ0) is 15.9. The monoisotopic (exact) mass is 375 g/mol. The SMILES string of the molecule is COCCC12OOC1c1c(OC)c(=O)c(Br)cn1CC2OC. The number of hydrogen-bond donors (Lipinski definition) is 0. The summed E-state index contributed by atoms with van der Waals surface area (Å²) in [7, 11) is 4.74. The summed E-state index contributed by atoms with van der Waals surface area (Å²) < 4.78 is 18.5. The number of aromatic nitrogens is 1. The van der Waals surface area contributed by atoms with Crippen molar-refractivity contribution >= 4 is 15.9 Å². The molecule has 1 saturated heterocycles. The largest absolute Gasteiger partial charge is 0.491 e. The van der Waals surface area contributed by atoms with Crippen LogP contribution in [0.2, 0.25) is 0 Å². The number of halogens is 1. The van der Waals surface area contributed by atoms with Crippen molar-refractivity contribution in [3.63, 3.8) is 0 Å². The summed E-state index contributed by atoms with van der Waals surface area (Å²) in [6.07, 6.45) is 1.68. The highest BCUT2D eigenvalue weighted by atomic mass is 79.9. The molecule has 1 fully saturated rings. The van der Waals surface area contributed by atoms with E-state index in [4.69, 9.17) is 24.0 Å². The second kappa shape index (κ2) is 5.93. The lowest BCUT2D eigenvalue weighted by Gasteiger charge is -2.54. The molecule has 0 aliphatic carbocycles. The molecule has 8 heteroatoms. The average molecular weight is 376 g/mol. The number of pyridine rings is 1. The fourth-order valence-corrected chi connectivity index (χ4v) is 3.59. The van der Waals surface area contributed by atoms with E-state index in [9.17, 15) is 4.79 Å². The second-order valence-electron chi connectivity index (χ2n) is 5.36. The summed E-state index contributed by atoms with van der Waals surface area (Å²) in [5.74, 6) is 0.263. The van der Waals surface area contributed by atoms with E-state index in [2.05, 4.69) is 15.9 Å². The van der Waals surface area contributed by atoms with Crippen molar-refractivity contribution in [2.45, 2.75) is 30.8 Å². The zero-order valence-electron chi connectivity index (χ0n) is 12.6. The molecule has 3 rings (SSSR count). The van der Waals surface area contributed by atoms with Gasteiger partial charge in [0.1, 0.15) is 11.8 Å². The van der Waals surface area contributed by atoms with Gasteiger partial charge in [-0.05, 0) is 15.9 Å². The maximum Gasteiger partial charge on any atom is 0.237 e. The van der Waals surface area contributed by atoms with Crippen LogP contribution < -0.4 is 10.2 Å². The molecule has 3 heterocycles. The first kappa shape index (κ1) is 15.9. The summed E-state index contributed by atoms with van der Waals surface area (Å²) in [6, 6.07) is 0. The molecule has 1 aromatic rings. The van der Waals surface area contributed by atoms with Gasteiger partial charge in [-0.15, -0.1) is 0 Å². The van der Waals surface area contributed by atoms with E-state index < -0.39 is 11.7 Å². The molecule has 2 aliphatic rings. The minimum absolute atomic E-state index is 0.208. The lowest BCUT2D eigenvalue weighted by atomic mass is 9.80. The van der Waals surface area contributed by atoms with Gasteiger partial charge in [0.15, 0.2) is 17.5 Å². The van der Waals surface area contributed by atoms with Crippen LogP contribution in [0.15, 0.2) is 15.5 Å². The molecule has 0 bridgehead atoms. The Morgan fingerprint density at radius 3 is 2.77 bits per heavy atom. The molecule has 0 N–H and O–H groups in total. The van der Waals surface area contributed by atoms with Gasteiger partial charge in [0.2, 0.25) is 5.43 Å². The number of methoxy groups -OCH3 is 3. The molecule has 1 aromatic heterocycles. The third kappa shape index (κ3) is 2.13. The quantitative estimate of drug-likeness (QED) is 0.725. The third-order valence-corrected chi connectivity index (χ3v) is 4.88. The molecule has 122 valence electrons. The van der Waals surface area contributed by atoms with Crippen molar-refractivity contribution in [1.29, 1.82) is 0 Å². The van der Waals surface area contributed by atoms with Crippen LogP contribution in [0.4, 0.5) is 0 Å². The Bertz CT molecular complexity index is 632. The Balaban J connectivity index is 2.12. The molecule has 3 unspecified atom stereocenters. The van der Waals surface area contributed by atoms with Crippen LogP contribution in [0.25, 0.3) is 0 Å². The van der Waals surface area contributed by atoms with Gasteiger partial charge in [0.05, 0.1) is 18.1 Å². The molecule has 0 radical (unpaired) electrons. The van der Waals surface area contributed by atoms with Gasteiger partial charge in [-0.25, -0.2) is 9.78 Å².